The Morgan fingerprint density at radius 2 is 2.00 bits per heavy atom. The number of ether oxygens (including phenoxy) is 1. The number of hydrogen-bond donors (Lipinski definition) is 1. The van der Waals surface area contributed by atoms with Crippen LogP contribution in [0.1, 0.15) is 17.8 Å². The fraction of sp³-hybridized carbons (Fsp3) is 0.286. The second kappa shape index (κ2) is 8.32. The number of anilines is 1. The summed E-state index contributed by atoms with van der Waals surface area (Å²) in [7, 11) is 1.57. The van der Waals surface area contributed by atoms with E-state index in [0.717, 1.165) is 16.9 Å². The van der Waals surface area contributed by atoms with Gasteiger partial charge in [-0.15, -0.1) is 5.10 Å². The van der Waals surface area contributed by atoms with Crippen molar-refractivity contribution in [2.45, 2.75) is 19.9 Å². The molecule has 2 amide bonds. The Bertz CT molecular complexity index is 1060. The van der Waals surface area contributed by atoms with Gasteiger partial charge in [-0.1, -0.05) is 23.8 Å². The highest BCUT2D eigenvalue weighted by Crippen LogP contribution is 2.28. The molecular formula is C21H22N6O3. The Kier molecular flexibility index (Phi) is 5.42. The molecular weight excluding hydrogens is 384 g/mol. The monoisotopic (exact) mass is 406 g/mol. The third kappa shape index (κ3) is 4.00. The largest absolute Gasteiger partial charge is 0.497 e. The van der Waals surface area contributed by atoms with E-state index in [1.807, 2.05) is 49.4 Å². The maximum atomic E-state index is 12.7. The van der Waals surface area contributed by atoms with Crippen molar-refractivity contribution in [3.05, 3.63) is 59.9 Å². The molecule has 0 spiro atoms. The van der Waals surface area contributed by atoms with Crippen LogP contribution < -0.4 is 15.0 Å². The van der Waals surface area contributed by atoms with E-state index in [9.17, 15) is 9.59 Å². The summed E-state index contributed by atoms with van der Waals surface area (Å²) in [6.07, 6.45) is 0.159. The number of amides is 2. The maximum Gasteiger partial charge on any atom is 0.227 e. The third-order valence-corrected chi connectivity index (χ3v) is 5.09. The van der Waals surface area contributed by atoms with Gasteiger partial charge in [0.1, 0.15) is 5.75 Å². The SMILES string of the molecule is COc1cccc(N2CC(C(=O)NCc3nnnn3-c3ccc(C)cc3)CC2=O)c1. The lowest BCUT2D eigenvalue weighted by Gasteiger charge is -2.17. The van der Waals surface area contributed by atoms with Gasteiger partial charge in [0.05, 0.1) is 25.3 Å². The molecule has 1 aromatic heterocycles. The van der Waals surface area contributed by atoms with Crippen molar-refractivity contribution < 1.29 is 14.3 Å². The highest BCUT2D eigenvalue weighted by molar-refractivity contribution is 6.00. The minimum atomic E-state index is -0.438. The molecule has 0 radical (unpaired) electrons. The molecule has 3 aromatic rings. The van der Waals surface area contributed by atoms with Crippen LogP contribution in [0.3, 0.4) is 0 Å². The summed E-state index contributed by atoms with van der Waals surface area (Å²) in [6, 6.07) is 15.0. The van der Waals surface area contributed by atoms with Crippen molar-refractivity contribution in [2.24, 2.45) is 5.92 Å². The molecule has 0 aliphatic carbocycles. The zero-order valence-corrected chi connectivity index (χ0v) is 16.8. The van der Waals surface area contributed by atoms with Crippen LogP contribution in [0.4, 0.5) is 5.69 Å². The standard InChI is InChI=1S/C21H22N6O3/c1-14-6-8-16(9-7-14)27-19(23-24-25-27)12-22-21(29)15-10-20(28)26(13-15)17-4-3-5-18(11-17)30-2/h3-9,11,15H,10,12-13H2,1-2H3,(H,22,29). The summed E-state index contributed by atoms with van der Waals surface area (Å²) in [5, 5.41) is 14.6. The number of tetrazole rings is 1. The molecule has 2 heterocycles. The molecule has 1 saturated heterocycles. The van der Waals surface area contributed by atoms with E-state index in [-0.39, 0.29) is 24.8 Å². The van der Waals surface area contributed by atoms with Gasteiger partial charge in [0, 0.05) is 24.7 Å². The average Bonchev–Trinajstić information content (AvgIpc) is 3.39. The predicted molar refractivity (Wildman–Crippen MR) is 109 cm³/mol. The molecule has 1 aliphatic heterocycles. The minimum Gasteiger partial charge on any atom is -0.497 e. The average molecular weight is 406 g/mol. The van der Waals surface area contributed by atoms with Crippen molar-refractivity contribution >= 4 is 17.5 Å². The van der Waals surface area contributed by atoms with E-state index in [4.69, 9.17) is 4.74 Å². The van der Waals surface area contributed by atoms with Crippen molar-refractivity contribution in [1.82, 2.24) is 25.5 Å². The van der Waals surface area contributed by atoms with Gasteiger partial charge >= 0.3 is 0 Å². The molecule has 1 atom stereocenters. The summed E-state index contributed by atoms with van der Waals surface area (Å²) < 4.78 is 6.81. The van der Waals surface area contributed by atoms with Crippen LogP contribution in [0, 0.1) is 12.8 Å². The number of aromatic nitrogens is 4. The van der Waals surface area contributed by atoms with Crippen molar-refractivity contribution in [2.75, 3.05) is 18.6 Å². The molecule has 1 aliphatic rings. The van der Waals surface area contributed by atoms with Crippen LogP contribution >= 0.6 is 0 Å². The molecule has 0 bridgehead atoms. The summed E-state index contributed by atoms with van der Waals surface area (Å²) >= 11 is 0. The molecule has 2 aromatic carbocycles. The van der Waals surface area contributed by atoms with E-state index in [2.05, 4.69) is 20.8 Å². The van der Waals surface area contributed by atoms with Gasteiger partial charge in [0.25, 0.3) is 0 Å². The number of aryl methyl sites for hydroxylation is 1. The Hall–Kier alpha value is -3.75. The Morgan fingerprint density at radius 1 is 1.20 bits per heavy atom. The number of hydrogen-bond acceptors (Lipinski definition) is 6. The molecule has 154 valence electrons. The lowest BCUT2D eigenvalue weighted by atomic mass is 10.1. The van der Waals surface area contributed by atoms with Crippen LogP contribution in [0.2, 0.25) is 0 Å². The number of methoxy groups -OCH3 is 1. The number of carbonyl (C=O) groups excluding carboxylic acids is 2. The number of benzene rings is 2. The van der Waals surface area contributed by atoms with Crippen molar-refractivity contribution in [3.8, 4) is 11.4 Å². The quantitative estimate of drug-likeness (QED) is 0.668. The second-order valence-corrected chi connectivity index (χ2v) is 7.17. The fourth-order valence-electron chi connectivity index (χ4n) is 3.42. The van der Waals surface area contributed by atoms with Gasteiger partial charge in [-0.3, -0.25) is 9.59 Å². The van der Waals surface area contributed by atoms with Crippen LogP contribution in [0.5, 0.6) is 5.75 Å². The summed E-state index contributed by atoms with van der Waals surface area (Å²) in [6.45, 7) is 2.49. The lowest BCUT2D eigenvalue weighted by Crippen LogP contribution is -2.33. The Labute approximate surface area is 173 Å². The molecule has 30 heavy (non-hydrogen) atoms. The summed E-state index contributed by atoms with van der Waals surface area (Å²) in [4.78, 5) is 26.8. The fourth-order valence-corrected chi connectivity index (χ4v) is 3.42. The number of nitrogens with zero attached hydrogens (tertiary/aromatic N) is 5. The number of nitrogens with one attached hydrogen (secondary N) is 1. The zero-order chi connectivity index (χ0) is 21.1. The lowest BCUT2D eigenvalue weighted by molar-refractivity contribution is -0.126. The second-order valence-electron chi connectivity index (χ2n) is 7.17. The Morgan fingerprint density at radius 3 is 2.77 bits per heavy atom. The molecule has 1 unspecified atom stereocenters. The molecule has 4 rings (SSSR count). The summed E-state index contributed by atoms with van der Waals surface area (Å²) in [5.41, 5.74) is 2.67. The van der Waals surface area contributed by atoms with Gasteiger partial charge < -0.3 is 15.0 Å². The van der Waals surface area contributed by atoms with Gasteiger partial charge in [0.2, 0.25) is 11.8 Å². The summed E-state index contributed by atoms with van der Waals surface area (Å²) in [5.74, 6) is 0.449. The number of rotatable bonds is 6. The van der Waals surface area contributed by atoms with Gasteiger partial charge in [-0.2, -0.15) is 4.68 Å². The molecule has 0 saturated carbocycles. The topological polar surface area (TPSA) is 102 Å². The van der Waals surface area contributed by atoms with E-state index in [1.165, 1.54) is 0 Å². The van der Waals surface area contributed by atoms with Crippen LogP contribution in [-0.2, 0) is 16.1 Å². The highest BCUT2D eigenvalue weighted by atomic mass is 16.5. The predicted octanol–water partition coefficient (Wildman–Crippen LogP) is 1.65. The molecule has 9 nitrogen and oxygen atoms in total. The molecule has 1 N–H and O–H groups in total. The normalized spacial score (nSPS) is 16.0. The Balaban J connectivity index is 1.40. The molecule has 9 heteroatoms. The van der Waals surface area contributed by atoms with Crippen molar-refractivity contribution in [3.63, 3.8) is 0 Å². The minimum absolute atomic E-state index is 0.0899. The van der Waals surface area contributed by atoms with Crippen LogP contribution in [0.25, 0.3) is 5.69 Å². The zero-order valence-electron chi connectivity index (χ0n) is 16.8. The van der Waals surface area contributed by atoms with E-state index in [0.29, 0.717) is 18.1 Å². The van der Waals surface area contributed by atoms with E-state index >= 15 is 0 Å². The first-order chi connectivity index (χ1) is 14.5. The molecule has 1 fully saturated rings. The van der Waals surface area contributed by atoms with E-state index < -0.39 is 5.92 Å². The number of carbonyl (C=O) groups is 2. The highest BCUT2D eigenvalue weighted by Gasteiger charge is 2.35. The van der Waals surface area contributed by atoms with Crippen molar-refractivity contribution in [1.29, 1.82) is 0 Å². The third-order valence-electron chi connectivity index (χ3n) is 5.09. The van der Waals surface area contributed by atoms with Gasteiger partial charge in [-0.25, -0.2) is 0 Å². The first-order valence-electron chi connectivity index (χ1n) is 9.61. The van der Waals surface area contributed by atoms with Crippen LogP contribution in [0.15, 0.2) is 48.5 Å². The van der Waals surface area contributed by atoms with Gasteiger partial charge in [0.15, 0.2) is 5.82 Å². The maximum absolute atomic E-state index is 12.7. The smallest absolute Gasteiger partial charge is 0.227 e. The van der Waals surface area contributed by atoms with E-state index in [1.54, 1.807) is 22.8 Å². The van der Waals surface area contributed by atoms with Crippen LogP contribution in [-0.4, -0.2) is 45.7 Å². The van der Waals surface area contributed by atoms with Gasteiger partial charge in [-0.05, 0) is 41.6 Å². The first kappa shape index (κ1) is 19.6. The first-order valence-corrected chi connectivity index (χ1v) is 9.61.